The van der Waals surface area contributed by atoms with Gasteiger partial charge in [0.05, 0.1) is 25.8 Å². The minimum atomic E-state index is -0.655. The molecule has 0 unspecified atom stereocenters. The first-order chi connectivity index (χ1) is 24.7. The Balaban J connectivity index is 1.06. The number of hydrogen-bond acceptors (Lipinski definition) is 8. The van der Waals surface area contributed by atoms with E-state index in [0.717, 1.165) is 29.5 Å². The van der Waals surface area contributed by atoms with Crippen LogP contribution in [0.1, 0.15) is 66.2 Å². The van der Waals surface area contributed by atoms with E-state index in [1.807, 2.05) is 37.3 Å². The van der Waals surface area contributed by atoms with Crippen molar-refractivity contribution in [1.82, 2.24) is 10.6 Å². The number of nitrogens with one attached hydrogen (secondary N) is 2. The molecule has 1 saturated carbocycles. The second-order valence-electron chi connectivity index (χ2n) is 11.6. The maximum atomic E-state index is 13.2. The van der Waals surface area contributed by atoms with Gasteiger partial charge in [-0.2, -0.15) is 0 Å². The van der Waals surface area contributed by atoms with E-state index in [9.17, 15) is 19.2 Å². The number of alkyl carbamates (subject to hydrolysis) is 1. The van der Waals surface area contributed by atoms with Gasteiger partial charge in [0.2, 0.25) is 0 Å². The van der Waals surface area contributed by atoms with Crippen molar-refractivity contribution in [2.75, 3.05) is 33.4 Å². The van der Waals surface area contributed by atoms with Crippen molar-refractivity contribution in [2.24, 2.45) is 5.73 Å². The van der Waals surface area contributed by atoms with Crippen LogP contribution in [0.25, 0.3) is 11.1 Å². The molecule has 4 aromatic carbocycles. The summed E-state index contributed by atoms with van der Waals surface area (Å²) in [7, 11) is 1.29. The molecule has 0 heterocycles. The summed E-state index contributed by atoms with van der Waals surface area (Å²) in [6.07, 6.45) is 1.40. The van der Waals surface area contributed by atoms with Crippen molar-refractivity contribution in [3.05, 3.63) is 124 Å². The Kier molecular flexibility index (Phi) is 12.2. The number of methoxy groups -OCH3 is 1. The van der Waals surface area contributed by atoms with Gasteiger partial charge in [0.15, 0.2) is 5.78 Å². The zero-order valence-electron chi connectivity index (χ0n) is 28.3. The van der Waals surface area contributed by atoms with E-state index >= 15 is 0 Å². The molecular weight excluding hydrogens is 646 g/mol. The predicted octanol–water partition coefficient (Wildman–Crippen LogP) is 5.04. The lowest BCUT2D eigenvalue weighted by Crippen LogP contribution is -2.26. The Hall–Kier alpha value is -6.36. The van der Waals surface area contributed by atoms with Crippen molar-refractivity contribution in [2.45, 2.75) is 25.8 Å². The number of amides is 2. The molecule has 51 heavy (non-hydrogen) atoms. The van der Waals surface area contributed by atoms with Crippen molar-refractivity contribution in [1.29, 1.82) is 0 Å². The quantitative estimate of drug-likeness (QED) is 0.0863. The van der Waals surface area contributed by atoms with Crippen LogP contribution in [0.3, 0.4) is 0 Å². The van der Waals surface area contributed by atoms with Gasteiger partial charge >= 0.3 is 12.1 Å². The maximum absolute atomic E-state index is 13.2. The topological polar surface area (TPSA) is 146 Å². The van der Waals surface area contributed by atoms with E-state index in [-0.39, 0.29) is 44.0 Å². The SMILES string of the molecule is COC(=O)c1ccc(C#CCNC(=O)OCCOc2ccc(C(=O)c3ccc(-c4cc(C(=O)NC5CC5)ccc4C)cc3)cc2)cc1C#CCN. The van der Waals surface area contributed by atoms with E-state index in [0.29, 0.717) is 39.1 Å². The van der Waals surface area contributed by atoms with Gasteiger partial charge in [-0.1, -0.05) is 54.0 Å². The monoisotopic (exact) mass is 683 g/mol. The second-order valence-corrected chi connectivity index (χ2v) is 11.6. The van der Waals surface area contributed by atoms with Crippen molar-refractivity contribution in [3.63, 3.8) is 0 Å². The van der Waals surface area contributed by atoms with Gasteiger partial charge in [-0.05, 0) is 91.1 Å². The number of hydrogen-bond donors (Lipinski definition) is 3. The molecule has 5 rings (SSSR count). The number of aryl methyl sites for hydroxylation is 1. The zero-order valence-corrected chi connectivity index (χ0v) is 28.3. The largest absolute Gasteiger partial charge is 0.490 e. The summed E-state index contributed by atoms with van der Waals surface area (Å²) in [5.41, 5.74) is 11.4. The molecule has 1 aliphatic carbocycles. The third-order valence-corrected chi connectivity index (χ3v) is 7.88. The minimum Gasteiger partial charge on any atom is -0.490 e. The Morgan fingerprint density at radius 1 is 0.824 bits per heavy atom. The molecule has 0 radical (unpaired) electrons. The van der Waals surface area contributed by atoms with E-state index in [2.05, 4.69) is 34.3 Å². The summed E-state index contributed by atoms with van der Waals surface area (Å²) in [5.74, 6) is 11.1. The number of benzene rings is 4. The van der Waals surface area contributed by atoms with Gasteiger partial charge in [-0.15, -0.1) is 0 Å². The second kappa shape index (κ2) is 17.3. The van der Waals surface area contributed by atoms with Gasteiger partial charge in [0.1, 0.15) is 19.0 Å². The fourth-order valence-corrected chi connectivity index (χ4v) is 5.01. The van der Waals surface area contributed by atoms with Crippen LogP contribution in [-0.4, -0.2) is 63.2 Å². The lowest BCUT2D eigenvalue weighted by atomic mass is 9.95. The molecular formula is C41H37N3O7. The molecule has 2 amide bonds. The third-order valence-electron chi connectivity index (χ3n) is 7.88. The van der Waals surface area contributed by atoms with Gasteiger partial charge in [-0.25, -0.2) is 9.59 Å². The highest BCUT2D eigenvalue weighted by molar-refractivity contribution is 6.09. The first-order valence-corrected chi connectivity index (χ1v) is 16.4. The first-order valence-electron chi connectivity index (χ1n) is 16.4. The predicted molar refractivity (Wildman–Crippen MR) is 192 cm³/mol. The summed E-state index contributed by atoms with van der Waals surface area (Å²) in [5, 5.41) is 5.57. The summed E-state index contributed by atoms with van der Waals surface area (Å²) >= 11 is 0. The maximum Gasteiger partial charge on any atom is 0.408 e. The number of carbonyl (C=O) groups is 4. The highest BCUT2D eigenvalue weighted by Gasteiger charge is 2.24. The van der Waals surface area contributed by atoms with Gasteiger partial charge in [0.25, 0.3) is 5.91 Å². The van der Waals surface area contributed by atoms with Gasteiger partial charge < -0.3 is 30.6 Å². The van der Waals surface area contributed by atoms with E-state index in [1.54, 1.807) is 54.6 Å². The summed E-state index contributed by atoms with van der Waals surface area (Å²) in [6, 6.07) is 24.9. The van der Waals surface area contributed by atoms with Gasteiger partial charge in [0, 0.05) is 33.9 Å². The molecule has 10 nitrogen and oxygen atoms in total. The Morgan fingerprint density at radius 3 is 2.22 bits per heavy atom. The Morgan fingerprint density at radius 2 is 1.53 bits per heavy atom. The van der Waals surface area contributed by atoms with Crippen molar-refractivity contribution < 1.29 is 33.4 Å². The molecule has 1 fully saturated rings. The lowest BCUT2D eigenvalue weighted by molar-refractivity contribution is 0.0600. The average Bonchev–Trinajstić information content (AvgIpc) is 3.98. The molecule has 0 aliphatic heterocycles. The van der Waals surface area contributed by atoms with Crippen LogP contribution in [-0.2, 0) is 9.47 Å². The van der Waals surface area contributed by atoms with E-state index in [1.165, 1.54) is 7.11 Å². The first kappa shape index (κ1) is 35.9. The third kappa shape index (κ3) is 10.1. The summed E-state index contributed by atoms with van der Waals surface area (Å²) in [4.78, 5) is 49.7. The van der Waals surface area contributed by atoms with Crippen LogP contribution in [0.2, 0.25) is 0 Å². The molecule has 1 aliphatic rings. The normalized spacial score (nSPS) is 11.5. The molecule has 0 spiro atoms. The Bertz CT molecular complexity index is 2050. The van der Waals surface area contributed by atoms with E-state index < -0.39 is 12.1 Å². The van der Waals surface area contributed by atoms with Crippen LogP contribution >= 0.6 is 0 Å². The minimum absolute atomic E-state index is 0.00196. The van der Waals surface area contributed by atoms with Crippen LogP contribution in [0.4, 0.5) is 4.79 Å². The number of ether oxygens (including phenoxy) is 3. The number of carbonyl (C=O) groups excluding carboxylic acids is 4. The standard InChI is InChI=1S/C41H37N3O7/c1-27-7-9-33(39(46)44-34-16-17-34)26-37(27)29-10-12-30(13-11-29)38(45)31-14-18-35(19-15-31)50-23-24-51-41(48)43-22-4-5-28-8-20-36(40(47)49-2)32(25-28)6-3-21-42/h7-15,18-20,25-26,34H,16-17,21-24,42H2,1-2H3,(H,43,48)(H,44,46). The Labute approximate surface area is 296 Å². The van der Waals surface area contributed by atoms with Crippen molar-refractivity contribution >= 4 is 23.8 Å². The van der Waals surface area contributed by atoms with Gasteiger partial charge in [-0.3, -0.25) is 9.59 Å². The average molecular weight is 684 g/mol. The fourth-order valence-electron chi connectivity index (χ4n) is 5.01. The summed E-state index contributed by atoms with van der Waals surface area (Å²) < 4.78 is 15.6. The van der Waals surface area contributed by atoms with Crippen LogP contribution in [0, 0.1) is 30.6 Å². The smallest absolute Gasteiger partial charge is 0.408 e. The van der Waals surface area contributed by atoms with Crippen LogP contribution in [0.15, 0.2) is 84.9 Å². The number of rotatable bonds is 11. The fraction of sp³-hybridized carbons (Fsp3) is 0.220. The lowest BCUT2D eigenvalue weighted by Gasteiger charge is -2.11. The number of esters is 1. The molecule has 4 N–H and O–H groups in total. The summed E-state index contributed by atoms with van der Waals surface area (Å²) in [6.45, 7) is 2.27. The molecule has 0 aromatic heterocycles. The van der Waals surface area contributed by atoms with Crippen LogP contribution < -0.4 is 21.1 Å². The number of ketones is 1. The molecule has 0 atom stereocenters. The molecule has 4 aromatic rings. The highest BCUT2D eigenvalue weighted by Crippen LogP contribution is 2.27. The molecule has 0 bridgehead atoms. The van der Waals surface area contributed by atoms with E-state index in [4.69, 9.17) is 19.9 Å². The molecule has 10 heteroatoms. The molecule has 0 saturated heterocycles. The molecule has 258 valence electrons. The van der Waals surface area contributed by atoms with Crippen molar-refractivity contribution in [3.8, 4) is 40.6 Å². The number of nitrogens with two attached hydrogens (primary N) is 1. The van der Waals surface area contributed by atoms with Crippen LogP contribution in [0.5, 0.6) is 5.75 Å². The highest BCUT2D eigenvalue weighted by atomic mass is 16.6. The zero-order chi connectivity index (χ0) is 36.2.